The predicted molar refractivity (Wildman–Crippen MR) is 76.3 cm³/mol. The number of hydrogen-bond acceptors (Lipinski definition) is 3. The summed E-state index contributed by atoms with van der Waals surface area (Å²) >= 11 is 1.63. The molecule has 2 aromatic rings. The zero-order valence-corrected chi connectivity index (χ0v) is 11.4. The average molecular weight is 278 g/mol. The lowest BCUT2D eigenvalue weighted by atomic mass is 10.1. The van der Waals surface area contributed by atoms with E-state index in [1.807, 2.05) is 16.8 Å². The topological polar surface area (TPSA) is 41.1 Å². The van der Waals surface area contributed by atoms with Crippen LogP contribution in [-0.4, -0.2) is 19.5 Å². The molecule has 2 N–H and O–H groups in total. The highest BCUT2D eigenvalue weighted by Crippen LogP contribution is 2.18. The van der Waals surface area contributed by atoms with Gasteiger partial charge in [-0.1, -0.05) is 6.07 Å². The van der Waals surface area contributed by atoms with Crippen LogP contribution in [0.4, 0.5) is 10.1 Å². The molecule has 0 spiro atoms. The zero-order valence-electron chi connectivity index (χ0n) is 10.6. The average Bonchev–Trinajstić information content (AvgIpc) is 2.91. The van der Waals surface area contributed by atoms with Crippen molar-refractivity contribution < 1.29 is 9.18 Å². The van der Waals surface area contributed by atoms with Gasteiger partial charge in [0.2, 0.25) is 0 Å². The molecule has 1 amide bonds. The zero-order chi connectivity index (χ0) is 13.7. The quantitative estimate of drug-likeness (QED) is 0.883. The van der Waals surface area contributed by atoms with Crippen LogP contribution in [0.3, 0.4) is 0 Å². The van der Waals surface area contributed by atoms with E-state index in [1.165, 1.54) is 17.7 Å². The number of benzene rings is 1. The second-order valence-corrected chi connectivity index (χ2v) is 4.83. The molecule has 2 rings (SSSR count). The van der Waals surface area contributed by atoms with Crippen molar-refractivity contribution >= 4 is 22.9 Å². The fourth-order valence-electron chi connectivity index (χ4n) is 1.82. The van der Waals surface area contributed by atoms with E-state index in [0.717, 1.165) is 6.42 Å². The van der Waals surface area contributed by atoms with Gasteiger partial charge in [-0.25, -0.2) is 4.39 Å². The normalized spacial score (nSPS) is 10.2. The van der Waals surface area contributed by atoms with Crippen molar-refractivity contribution in [2.75, 3.05) is 18.9 Å². The van der Waals surface area contributed by atoms with Gasteiger partial charge in [-0.15, -0.1) is 0 Å². The largest absolute Gasteiger partial charge is 0.385 e. The van der Waals surface area contributed by atoms with E-state index >= 15 is 0 Å². The van der Waals surface area contributed by atoms with Gasteiger partial charge in [0.05, 0.1) is 11.3 Å². The highest BCUT2D eigenvalue weighted by atomic mass is 32.1. The minimum absolute atomic E-state index is 0.232. The first-order valence-corrected chi connectivity index (χ1v) is 6.92. The summed E-state index contributed by atoms with van der Waals surface area (Å²) in [4.78, 5) is 12.0. The molecule has 0 saturated heterocycles. The summed E-state index contributed by atoms with van der Waals surface area (Å²) in [5, 5.41) is 9.56. The second kappa shape index (κ2) is 6.33. The van der Waals surface area contributed by atoms with Crippen LogP contribution in [0, 0.1) is 5.82 Å². The third kappa shape index (κ3) is 3.32. The van der Waals surface area contributed by atoms with Crippen molar-refractivity contribution in [1.82, 2.24) is 5.32 Å². The Morgan fingerprint density at radius 3 is 2.89 bits per heavy atom. The molecule has 0 aliphatic heterocycles. The molecule has 1 heterocycles. The molecule has 0 unspecified atom stereocenters. The highest BCUT2D eigenvalue weighted by Gasteiger charge is 2.13. The van der Waals surface area contributed by atoms with Crippen molar-refractivity contribution in [3.05, 3.63) is 52.0 Å². The van der Waals surface area contributed by atoms with Crippen LogP contribution in [-0.2, 0) is 6.42 Å². The molecule has 0 fully saturated rings. The van der Waals surface area contributed by atoms with Crippen LogP contribution < -0.4 is 10.6 Å². The molecule has 3 nitrogen and oxygen atoms in total. The third-order valence-corrected chi connectivity index (χ3v) is 3.52. The van der Waals surface area contributed by atoms with Gasteiger partial charge < -0.3 is 10.6 Å². The number of amides is 1. The predicted octanol–water partition coefficient (Wildman–Crippen LogP) is 2.90. The molecule has 1 aromatic carbocycles. The molecule has 0 bridgehead atoms. The number of rotatable bonds is 5. The molecule has 0 aliphatic rings. The SMILES string of the molecule is CNc1c(F)cccc1C(=O)NCCc1ccsc1. The summed E-state index contributed by atoms with van der Waals surface area (Å²) in [5.41, 5.74) is 1.75. The smallest absolute Gasteiger partial charge is 0.253 e. The van der Waals surface area contributed by atoms with E-state index in [4.69, 9.17) is 0 Å². The van der Waals surface area contributed by atoms with Crippen molar-refractivity contribution in [1.29, 1.82) is 0 Å². The number of carbonyl (C=O) groups is 1. The van der Waals surface area contributed by atoms with Crippen LogP contribution in [0.15, 0.2) is 35.0 Å². The summed E-state index contributed by atoms with van der Waals surface area (Å²) in [6.07, 6.45) is 0.777. The van der Waals surface area contributed by atoms with Gasteiger partial charge in [-0.05, 0) is 40.9 Å². The molecule has 5 heteroatoms. The van der Waals surface area contributed by atoms with Crippen molar-refractivity contribution in [2.24, 2.45) is 0 Å². The van der Waals surface area contributed by atoms with Crippen LogP contribution in [0.5, 0.6) is 0 Å². The van der Waals surface area contributed by atoms with Gasteiger partial charge in [0.1, 0.15) is 5.82 Å². The molecule has 19 heavy (non-hydrogen) atoms. The number of halogens is 1. The lowest BCUT2D eigenvalue weighted by molar-refractivity contribution is 0.0954. The molecule has 0 radical (unpaired) electrons. The first-order chi connectivity index (χ1) is 9.22. The van der Waals surface area contributed by atoms with E-state index in [2.05, 4.69) is 10.6 Å². The van der Waals surface area contributed by atoms with Crippen LogP contribution in [0.25, 0.3) is 0 Å². The van der Waals surface area contributed by atoms with Gasteiger partial charge in [-0.3, -0.25) is 4.79 Å². The Morgan fingerprint density at radius 2 is 2.21 bits per heavy atom. The third-order valence-electron chi connectivity index (χ3n) is 2.79. The van der Waals surface area contributed by atoms with Gasteiger partial charge in [-0.2, -0.15) is 11.3 Å². The summed E-state index contributed by atoms with van der Waals surface area (Å²) in [5.74, 6) is -0.688. The van der Waals surface area contributed by atoms with E-state index in [-0.39, 0.29) is 11.6 Å². The van der Waals surface area contributed by atoms with E-state index in [1.54, 1.807) is 24.5 Å². The van der Waals surface area contributed by atoms with Crippen LogP contribution in [0.1, 0.15) is 15.9 Å². The van der Waals surface area contributed by atoms with Crippen LogP contribution >= 0.6 is 11.3 Å². The van der Waals surface area contributed by atoms with Gasteiger partial charge in [0, 0.05) is 13.6 Å². The first kappa shape index (κ1) is 13.5. The number of carbonyl (C=O) groups excluding carboxylic acids is 1. The maximum atomic E-state index is 13.5. The van der Waals surface area contributed by atoms with Crippen molar-refractivity contribution in [3.8, 4) is 0 Å². The molecule has 0 atom stereocenters. The maximum absolute atomic E-state index is 13.5. The van der Waals surface area contributed by atoms with Gasteiger partial charge in [0.15, 0.2) is 0 Å². The lowest BCUT2D eigenvalue weighted by Crippen LogP contribution is -2.26. The summed E-state index contributed by atoms with van der Waals surface area (Å²) in [7, 11) is 1.60. The Morgan fingerprint density at radius 1 is 1.37 bits per heavy atom. The highest BCUT2D eigenvalue weighted by molar-refractivity contribution is 7.07. The molecule has 1 aromatic heterocycles. The molecule has 0 saturated carbocycles. The minimum atomic E-state index is -0.423. The Balaban J connectivity index is 1.98. The number of hydrogen-bond donors (Lipinski definition) is 2. The Hall–Kier alpha value is -1.88. The maximum Gasteiger partial charge on any atom is 0.253 e. The first-order valence-electron chi connectivity index (χ1n) is 5.98. The van der Waals surface area contributed by atoms with E-state index in [0.29, 0.717) is 12.1 Å². The number of anilines is 1. The van der Waals surface area contributed by atoms with Crippen molar-refractivity contribution in [3.63, 3.8) is 0 Å². The summed E-state index contributed by atoms with van der Waals surface area (Å²) in [6.45, 7) is 0.537. The monoisotopic (exact) mass is 278 g/mol. The summed E-state index contributed by atoms with van der Waals surface area (Å²) < 4.78 is 13.5. The molecule has 100 valence electrons. The number of nitrogens with one attached hydrogen (secondary N) is 2. The Bertz CT molecular complexity index is 555. The lowest BCUT2D eigenvalue weighted by Gasteiger charge is -2.10. The Kier molecular flexibility index (Phi) is 4.52. The van der Waals surface area contributed by atoms with Gasteiger partial charge >= 0.3 is 0 Å². The standard InChI is InChI=1S/C14H15FN2OS/c1-16-13-11(3-2-4-12(13)15)14(18)17-7-5-10-6-8-19-9-10/h2-4,6,8-9,16H,5,7H2,1H3,(H,17,18). The molecular weight excluding hydrogens is 263 g/mol. The van der Waals surface area contributed by atoms with Crippen LogP contribution in [0.2, 0.25) is 0 Å². The fourth-order valence-corrected chi connectivity index (χ4v) is 2.52. The summed E-state index contributed by atoms with van der Waals surface area (Å²) in [6, 6.07) is 6.49. The van der Waals surface area contributed by atoms with Crippen molar-refractivity contribution in [2.45, 2.75) is 6.42 Å². The second-order valence-electron chi connectivity index (χ2n) is 4.05. The molecule has 0 aliphatic carbocycles. The number of para-hydroxylation sites is 1. The van der Waals surface area contributed by atoms with E-state index < -0.39 is 5.82 Å². The van der Waals surface area contributed by atoms with Gasteiger partial charge in [0.25, 0.3) is 5.91 Å². The molecular formula is C14H15FN2OS. The minimum Gasteiger partial charge on any atom is -0.385 e. The van der Waals surface area contributed by atoms with E-state index in [9.17, 15) is 9.18 Å². The fraction of sp³-hybridized carbons (Fsp3) is 0.214. The number of thiophene rings is 1. The Labute approximate surface area is 115 Å².